The van der Waals surface area contributed by atoms with Gasteiger partial charge in [-0.3, -0.25) is 4.98 Å². The predicted octanol–water partition coefficient (Wildman–Crippen LogP) is 4.01. The molecule has 0 aromatic carbocycles. The SMILES string of the molecule is CCCCCCCC/C(=N/O)c1ccccn1. The number of rotatable bonds is 8. The van der Waals surface area contributed by atoms with Gasteiger partial charge in [-0.25, -0.2) is 0 Å². The minimum absolute atomic E-state index is 0.695. The fraction of sp³-hybridized carbons (Fsp3) is 0.571. The number of unbranched alkanes of at least 4 members (excludes halogenated alkanes) is 5. The molecule has 0 fully saturated rings. The molecule has 3 heteroatoms. The van der Waals surface area contributed by atoms with Gasteiger partial charge in [-0.15, -0.1) is 0 Å². The molecule has 0 bridgehead atoms. The lowest BCUT2D eigenvalue weighted by molar-refractivity contribution is 0.317. The molecule has 94 valence electrons. The van der Waals surface area contributed by atoms with Crippen LogP contribution in [0.1, 0.15) is 57.6 Å². The molecule has 0 unspecified atom stereocenters. The molecular weight excluding hydrogens is 212 g/mol. The molecule has 0 saturated heterocycles. The molecule has 3 nitrogen and oxygen atoms in total. The molecule has 1 N–H and O–H groups in total. The molecule has 0 aliphatic rings. The van der Waals surface area contributed by atoms with Gasteiger partial charge < -0.3 is 5.21 Å². The fourth-order valence-electron chi connectivity index (χ4n) is 1.84. The van der Waals surface area contributed by atoms with Crippen LogP contribution in [0.15, 0.2) is 29.6 Å². The lowest BCUT2D eigenvalue weighted by Gasteiger charge is -2.03. The van der Waals surface area contributed by atoms with Crippen molar-refractivity contribution in [2.45, 2.75) is 51.9 Å². The van der Waals surface area contributed by atoms with E-state index in [2.05, 4.69) is 17.1 Å². The Bertz CT molecular complexity index is 322. The standard InChI is InChI=1S/C14H22N2O/c1-2-3-4-5-6-7-11-14(16-17)13-10-8-9-12-15-13/h8-10,12,17H,2-7,11H2,1H3/b16-14-. The molecule has 1 heterocycles. The van der Waals surface area contributed by atoms with E-state index in [1.54, 1.807) is 6.20 Å². The van der Waals surface area contributed by atoms with Gasteiger partial charge in [0.05, 0.1) is 5.69 Å². The van der Waals surface area contributed by atoms with E-state index < -0.39 is 0 Å². The van der Waals surface area contributed by atoms with Gasteiger partial charge in [-0.1, -0.05) is 50.2 Å². The van der Waals surface area contributed by atoms with Gasteiger partial charge in [0.1, 0.15) is 5.71 Å². The number of hydrogen-bond acceptors (Lipinski definition) is 3. The largest absolute Gasteiger partial charge is 0.411 e. The first-order valence-corrected chi connectivity index (χ1v) is 6.50. The molecule has 1 rings (SSSR count). The van der Waals surface area contributed by atoms with Gasteiger partial charge in [-0.2, -0.15) is 0 Å². The highest BCUT2D eigenvalue weighted by atomic mass is 16.4. The van der Waals surface area contributed by atoms with Gasteiger partial charge >= 0.3 is 0 Å². The van der Waals surface area contributed by atoms with E-state index in [0.29, 0.717) is 5.71 Å². The summed E-state index contributed by atoms with van der Waals surface area (Å²) in [6.07, 6.45) is 9.98. The Labute approximate surface area is 104 Å². The molecule has 0 saturated carbocycles. The lowest BCUT2D eigenvalue weighted by atomic mass is 10.1. The summed E-state index contributed by atoms with van der Waals surface area (Å²) in [6.45, 7) is 2.22. The van der Waals surface area contributed by atoms with Crippen LogP contribution in [0.5, 0.6) is 0 Å². The summed E-state index contributed by atoms with van der Waals surface area (Å²) in [7, 11) is 0. The maximum atomic E-state index is 8.97. The van der Waals surface area contributed by atoms with Crippen molar-refractivity contribution in [2.24, 2.45) is 5.16 Å². The Balaban J connectivity index is 2.25. The molecule has 17 heavy (non-hydrogen) atoms. The fourth-order valence-corrected chi connectivity index (χ4v) is 1.84. The van der Waals surface area contributed by atoms with Crippen LogP contribution < -0.4 is 0 Å². The smallest absolute Gasteiger partial charge is 0.105 e. The summed E-state index contributed by atoms with van der Waals surface area (Å²) in [4.78, 5) is 4.19. The second-order valence-electron chi connectivity index (χ2n) is 4.28. The van der Waals surface area contributed by atoms with E-state index >= 15 is 0 Å². The van der Waals surface area contributed by atoms with Gasteiger partial charge in [-0.05, 0) is 25.0 Å². The minimum Gasteiger partial charge on any atom is -0.411 e. The highest BCUT2D eigenvalue weighted by Crippen LogP contribution is 2.10. The molecule has 0 atom stereocenters. The average molecular weight is 234 g/mol. The van der Waals surface area contributed by atoms with E-state index in [4.69, 9.17) is 5.21 Å². The Kier molecular flexibility index (Phi) is 7.03. The first-order chi connectivity index (χ1) is 8.38. The minimum atomic E-state index is 0.695. The summed E-state index contributed by atoms with van der Waals surface area (Å²) >= 11 is 0. The van der Waals surface area contributed by atoms with E-state index in [1.165, 1.54) is 32.1 Å². The first-order valence-electron chi connectivity index (χ1n) is 6.50. The average Bonchev–Trinajstić information content (AvgIpc) is 2.39. The molecule has 1 aromatic heterocycles. The second-order valence-corrected chi connectivity index (χ2v) is 4.28. The van der Waals surface area contributed by atoms with Gasteiger partial charge in [0.15, 0.2) is 0 Å². The summed E-state index contributed by atoms with van der Waals surface area (Å²) < 4.78 is 0. The van der Waals surface area contributed by atoms with Crippen LogP contribution >= 0.6 is 0 Å². The first kappa shape index (κ1) is 13.7. The van der Waals surface area contributed by atoms with Crippen LogP contribution in [0.3, 0.4) is 0 Å². The zero-order chi connectivity index (χ0) is 12.3. The third kappa shape index (κ3) is 5.48. The third-order valence-corrected chi connectivity index (χ3v) is 2.85. The number of aromatic nitrogens is 1. The number of pyridine rings is 1. The monoisotopic (exact) mass is 234 g/mol. The lowest BCUT2D eigenvalue weighted by Crippen LogP contribution is -2.03. The van der Waals surface area contributed by atoms with Crippen molar-refractivity contribution in [2.75, 3.05) is 0 Å². The number of oxime groups is 1. The Morgan fingerprint density at radius 3 is 2.59 bits per heavy atom. The highest BCUT2D eigenvalue weighted by molar-refractivity contribution is 5.98. The molecule has 0 radical (unpaired) electrons. The zero-order valence-corrected chi connectivity index (χ0v) is 10.6. The zero-order valence-electron chi connectivity index (χ0n) is 10.6. The topological polar surface area (TPSA) is 45.5 Å². The Morgan fingerprint density at radius 2 is 1.94 bits per heavy atom. The third-order valence-electron chi connectivity index (χ3n) is 2.85. The number of nitrogens with zero attached hydrogens (tertiary/aromatic N) is 2. The van der Waals surface area contributed by atoms with Gasteiger partial charge in [0.25, 0.3) is 0 Å². The maximum Gasteiger partial charge on any atom is 0.105 e. The van der Waals surface area contributed by atoms with Crippen LogP contribution in [0.4, 0.5) is 0 Å². The predicted molar refractivity (Wildman–Crippen MR) is 70.6 cm³/mol. The van der Waals surface area contributed by atoms with Crippen molar-refractivity contribution in [1.82, 2.24) is 4.98 Å². The van der Waals surface area contributed by atoms with E-state index in [0.717, 1.165) is 18.5 Å². The van der Waals surface area contributed by atoms with Crippen LogP contribution in [0.25, 0.3) is 0 Å². The number of hydrogen-bond donors (Lipinski definition) is 1. The van der Waals surface area contributed by atoms with Crippen molar-refractivity contribution >= 4 is 5.71 Å². The van der Waals surface area contributed by atoms with Crippen LogP contribution in [0, 0.1) is 0 Å². The quantitative estimate of drug-likeness (QED) is 0.320. The van der Waals surface area contributed by atoms with Crippen LogP contribution in [0.2, 0.25) is 0 Å². The van der Waals surface area contributed by atoms with Crippen LogP contribution in [-0.2, 0) is 0 Å². The summed E-state index contributed by atoms with van der Waals surface area (Å²) in [5.41, 5.74) is 1.48. The van der Waals surface area contributed by atoms with Crippen molar-refractivity contribution < 1.29 is 5.21 Å². The van der Waals surface area contributed by atoms with Crippen molar-refractivity contribution in [3.8, 4) is 0 Å². The Hall–Kier alpha value is -1.38. The molecule has 0 aliphatic heterocycles. The molecular formula is C14H22N2O. The highest BCUT2D eigenvalue weighted by Gasteiger charge is 2.04. The molecule has 0 aliphatic carbocycles. The normalized spacial score (nSPS) is 11.7. The summed E-state index contributed by atoms with van der Waals surface area (Å²) in [6, 6.07) is 5.66. The van der Waals surface area contributed by atoms with Crippen LogP contribution in [-0.4, -0.2) is 15.9 Å². The van der Waals surface area contributed by atoms with E-state index in [1.807, 2.05) is 18.2 Å². The van der Waals surface area contributed by atoms with E-state index in [9.17, 15) is 0 Å². The molecule has 0 amide bonds. The second kappa shape index (κ2) is 8.74. The maximum absolute atomic E-state index is 8.97. The summed E-state index contributed by atoms with van der Waals surface area (Å²) in [5.74, 6) is 0. The Morgan fingerprint density at radius 1 is 1.18 bits per heavy atom. The van der Waals surface area contributed by atoms with Gasteiger partial charge in [0.2, 0.25) is 0 Å². The summed E-state index contributed by atoms with van der Waals surface area (Å²) in [5, 5.41) is 12.3. The van der Waals surface area contributed by atoms with Crippen molar-refractivity contribution in [3.63, 3.8) is 0 Å². The van der Waals surface area contributed by atoms with Gasteiger partial charge in [0, 0.05) is 6.20 Å². The van der Waals surface area contributed by atoms with Crippen molar-refractivity contribution in [1.29, 1.82) is 0 Å². The van der Waals surface area contributed by atoms with E-state index in [-0.39, 0.29) is 0 Å². The van der Waals surface area contributed by atoms with Crippen molar-refractivity contribution in [3.05, 3.63) is 30.1 Å². The molecule has 0 spiro atoms. The molecule has 1 aromatic rings.